The maximum atomic E-state index is 11.6. The van der Waals surface area contributed by atoms with Gasteiger partial charge >= 0.3 is 0 Å². The molecule has 0 radical (unpaired) electrons. The molecule has 0 saturated carbocycles. The van der Waals surface area contributed by atoms with Gasteiger partial charge in [0, 0.05) is 7.05 Å². The summed E-state index contributed by atoms with van der Waals surface area (Å²) >= 11 is 11.2. The van der Waals surface area contributed by atoms with E-state index in [4.69, 9.17) is 23.8 Å². The van der Waals surface area contributed by atoms with E-state index >= 15 is 0 Å². The fourth-order valence-corrected chi connectivity index (χ4v) is 4.21. The van der Waals surface area contributed by atoms with E-state index in [2.05, 4.69) is 20.9 Å². The van der Waals surface area contributed by atoms with Crippen molar-refractivity contribution in [3.8, 4) is 0 Å². The van der Waals surface area contributed by atoms with Crippen molar-refractivity contribution < 1.29 is 8.42 Å². The lowest BCUT2D eigenvalue weighted by molar-refractivity contribution is 0.497. The zero-order valence-corrected chi connectivity index (χ0v) is 14.0. The molecule has 1 aliphatic rings. The van der Waals surface area contributed by atoms with Crippen LogP contribution in [0.5, 0.6) is 0 Å². The van der Waals surface area contributed by atoms with Gasteiger partial charge in [-0.25, -0.2) is 13.1 Å². The number of sulfone groups is 1. The van der Waals surface area contributed by atoms with Crippen LogP contribution in [0.1, 0.15) is 23.7 Å². The minimum atomic E-state index is -2.99. The standard InChI is InChI=1S/C11H16ClN5O2S2/c1-7-9(5-14-15-11(20)13-2)10(12)17(16-7)8-3-4-21(18,19)6-8/h5,8H,3-4,6H2,1-2H3,(H2,13,15,20)/b14-5-/t8-/m1/s1. The molecule has 0 amide bonds. The summed E-state index contributed by atoms with van der Waals surface area (Å²) in [5.74, 6) is 0.251. The zero-order chi connectivity index (χ0) is 15.6. The predicted octanol–water partition coefficient (Wildman–Crippen LogP) is 0.632. The minimum Gasteiger partial charge on any atom is -0.364 e. The molecule has 2 heterocycles. The van der Waals surface area contributed by atoms with E-state index in [1.165, 1.54) is 6.21 Å². The Morgan fingerprint density at radius 3 is 2.90 bits per heavy atom. The van der Waals surface area contributed by atoms with Gasteiger partial charge in [-0.05, 0) is 25.6 Å². The van der Waals surface area contributed by atoms with Crippen LogP contribution in [0.2, 0.25) is 5.15 Å². The third kappa shape index (κ3) is 3.72. The van der Waals surface area contributed by atoms with E-state index in [0.717, 1.165) is 0 Å². The quantitative estimate of drug-likeness (QED) is 0.473. The van der Waals surface area contributed by atoms with Crippen LogP contribution < -0.4 is 10.7 Å². The van der Waals surface area contributed by atoms with Crippen molar-refractivity contribution in [3.05, 3.63) is 16.4 Å². The number of rotatable bonds is 3. The summed E-state index contributed by atoms with van der Waals surface area (Å²) in [5, 5.41) is 11.8. The van der Waals surface area contributed by atoms with E-state index in [1.54, 1.807) is 18.7 Å². The Kier molecular flexibility index (Phi) is 4.84. The van der Waals surface area contributed by atoms with Gasteiger partial charge in [-0.3, -0.25) is 5.43 Å². The van der Waals surface area contributed by atoms with Crippen molar-refractivity contribution in [2.24, 2.45) is 5.10 Å². The molecule has 2 rings (SSSR count). The molecule has 7 nitrogen and oxygen atoms in total. The second-order valence-electron chi connectivity index (χ2n) is 4.74. The molecule has 1 saturated heterocycles. The molecule has 1 aromatic heterocycles. The number of nitrogens with zero attached hydrogens (tertiary/aromatic N) is 3. The van der Waals surface area contributed by atoms with Gasteiger partial charge in [-0.1, -0.05) is 11.6 Å². The number of thiocarbonyl (C=S) groups is 1. The number of nitrogens with one attached hydrogen (secondary N) is 2. The van der Waals surface area contributed by atoms with Gasteiger partial charge in [0.1, 0.15) is 5.15 Å². The summed E-state index contributed by atoms with van der Waals surface area (Å²) < 4.78 is 24.7. The van der Waals surface area contributed by atoms with Crippen molar-refractivity contribution in [1.29, 1.82) is 0 Å². The molecule has 0 unspecified atom stereocenters. The smallest absolute Gasteiger partial charge is 0.186 e. The van der Waals surface area contributed by atoms with Crippen LogP contribution in [0.15, 0.2) is 5.10 Å². The average Bonchev–Trinajstić information content (AvgIpc) is 2.91. The Morgan fingerprint density at radius 2 is 2.33 bits per heavy atom. The van der Waals surface area contributed by atoms with Crippen LogP contribution >= 0.6 is 23.8 Å². The van der Waals surface area contributed by atoms with Gasteiger partial charge in [0.15, 0.2) is 14.9 Å². The fraction of sp³-hybridized carbons (Fsp3) is 0.545. The maximum Gasteiger partial charge on any atom is 0.186 e. The fourth-order valence-electron chi connectivity index (χ4n) is 2.10. The molecule has 116 valence electrons. The molecule has 2 N–H and O–H groups in total. The van der Waals surface area contributed by atoms with E-state index in [1.807, 2.05) is 0 Å². The third-order valence-corrected chi connectivity index (χ3v) is 5.63. The lowest BCUT2D eigenvalue weighted by Crippen LogP contribution is -2.28. The Balaban J connectivity index is 2.20. The molecule has 10 heteroatoms. The van der Waals surface area contributed by atoms with Gasteiger partial charge in [0.25, 0.3) is 0 Å². The summed E-state index contributed by atoms with van der Waals surface area (Å²) in [6.45, 7) is 1.80. The predicted molar refractivity (Wildman–Crippen MR) is 86.7 cm³/mol. The largest absolute Gasteiger partial charge is 0.364 e. The highest BCUT2D eigenvalue weighted by atomic mass is 35.5. The molecular formula is C11H16ClN5O2S2. The number of aromatic nitrogens is 2. The number of hydrazone groups is 1. The van der Waals surface area contributed by atoms with Crippen molar-refractivity contribution in [2.75, 3.05) is 18.6 Å². The Hall–Kier alpha value is -1.19. The highest BCUT2D eigenvalue weighted by molar-refractivity contribution is 7.91. The van der Waals surface area contributed by atoms with Gasteiger partial charge in [0.2, 0.25) is 0 Å². The molecular weight excluding hydrogens is 334 g/mol. The molecule has 0 aromatic carbocycles. The molecule has 0 bridgehead atoms. The SMILES string of the molecule is CNC(=S)N/N=C\c1c(C)nn([C@@H]2CCS(=O)(=O)C2)c1Cl. The lowest BCUT2D eigenvalue weighted by Gasteiger charge is -2.09. The molecule has 1 fully saturated rings. The van der Waals surface area contributed by atoms with E-state index in [-0.39, 0.29) is 17.5 Å². The molecule has 0 aliphatic carbocycles. The lowest BCUT2D eigenvalue weighted by atomic mass is 10.2. The molecule has 1 atom stereocenters. The third-order valence-electron chi connectivity index (χ3n) is 3.21. The average molecular weight is 350 g/mol. The van der Waals surface area contributed by atoms with Crippen LogP contribution in [0.25, 0.3) is 0 Å². The van der Waals surface area contributed by atoms with E-state index in [9.17, 15) is 8.42 Å². The molecule has 1 aliphatic heterocycles. The minimum absolute atomic E-state index is 0.0759. The van der Waals surface area contributed by atoms with Crippen LogP contribution in [-0.2, 0) is 9.84 Å². The van der Waals surface area contributed by atoms with Crippen molar-refractivity contribution in [3.63, 3.8) is 0 Å². The van der Waals surface area contributed by atoms with Gasteiger partial charge in [-0.15, -0.1) is 0 Å². The zero-order valence-electron chi connectivity index (χ0n) is 11.6. The number of hydrogen-bond donors (Lipinski definition) is 2. The van der Waals surface area contributed by atoms with Gasteiger partial charge < -0.3 is 5.32 Å². The highest BCUT2D eigenvalue weighted by Gasteiger charge is 2.31. The maximum absolute atomic E-state index is 11.6. The normalized spacial score (nSPS) is 20.8. The van der Waals surface area contributed by atoms with Crippen molar-refractivity contribution in [1.82, 2.24) is 20.5 Å². The second-order valence-corrected chi connectivity index (χ2v) is 7.74. The number of halogens is 1. The Bertz CT molecular complexity index is 683. The number of hydrogen-bond acceptors (Lipinski definition) is 5. The number of aryl methyl sites for hydroxylation is 1. The Morgan fingerprint density at radius 1 is 1.62 bits per heavy atom. The highest BCUT2D eigenvalue weighted by Crippen LogP contribution is 2.29. The second kappa shape index (κ2) is 6.29. The molecule has 1 aromatic rings. The van der Waals surface area contributed by atoms with Crippen molar-refractivity contribution >= 4 is 45.0 Å². The topological polar surface area (TPSA) is 88.4 Å². The van der Waals surface area contributed by atoms with Crippen LogP contribution in [0.4, 0.5) is 0 Å². The van der Waals surface area contributed by atoms with Crippen LogP contribution in [0, 0.1) is 6.92 Å². The summed E-state index contributed by atoms with van der Waals surface area (Å²) in [5.41, 5.74) is 3.96. The molecule has 21 heavy (non-hydrogen) atoms. The van der Waals surface area contributed by atoms with Gasteiger partial charge in [0.05, 0.1) is 35.0 Å². The van der Waals surface area contributed by atoms with Crippen LogP contribution in [0.3, 0.4) is 0 Å². The van der Waals surface area contributed by atoms with Crippen LogP contribution in [-0.4, -0.2) is 48.1 Å². The summed E-state index contributed by atoms with van der Waals surface area (Å²) in [6.07, 6.45) is 2.05. The first-order chi connectivity index (χ1) is 9.84. The van der Waals surface area contributed by atoms with E-state index < -0.39 is 9.84 Å². The summed E-state index contributed by atoms with van der Waals surface area (Å²) in [4.78, 5) is 0. The monoisotopic (exact) mass is 349 g/mol. The molecule has 0 spiro atoms. The summed E-state index contributed by atoms with van der Waals surface area (Å²) in [7, 11) is -1.30. The van der Waals surface area contributed by atoms with Gasteiger partial charge in [-0.2, -0.15) is 10.2 Å². The first kappa shape index (κ1) is 16.2. The first-order valence-corrected chi connectivity index (χ1v) is 8.90. The van der Waals surface area contributed by atoms with Crippen molar-refractivity contribution in [2.45, 2.75) is 19.4 Å². The first-order valence-electron chi connectivity index (χ1n) is 6.30. The summed E-state index contributed by atoms with van der Waals surface area (Å²) in [6, 6.07) is -0.213. The van der Waals surface area contributed by atoms with E-state index in [0.29, 0.717) is 27.9 Å². The Labute approximate surface area is 133 Å².